The highest BCUT2D eigenvalue weighted by molar-refractivity contribution is 6.50. The van der Waals surface area contributed by atoms with E-state index >= 15 is 0 Å². The van der Waals surface area contributed by atoms with Gasteiger partial charge in [0.05, 0.1) is 11.1 Å². The third-order valence-electron chi connectivity index (χ3n) is 6.86. The molecule has 2 aliphatic rings. The standard InChI is InChI=1S/C29H31N2.BF4/c1-5-7-18-31-20(3)24-16-14-22(15-17-25(24)21(31)4)19-28-26-12-8-10-23-11-9-13-27(29(23)26)30(28)6-2;2-1(3,4)5/h8-17,19H,5-7,18H2,1-4H3;/q+1;-1. The predicted molar refractivity (Wildman–Crippen MR) is 142 cm³/mol. The molecular weight excluding hydrogens is 463 g/mol. The smallest absolute Gasteiger partial charge is 0.418 e. The maximum Gasteiger partial charge on any atom is 0.673 e. The molecule has 5 rings (SSSR count). The van der Waals surface area contributed by atoms with E-state index in [0.717, 1.165) is 13.1 Å². The molecule has 0 spiro atoms. The van der Waals surface area contributed by atoms with Crippen molar-refractivity contribution in [3.8, 4) is 11.1 Å². The quantitative estimate of drug-likeness (QED) is 0.136. The van der Waals surface area contributed by atoms with E-state index in [1.54, 1.807) is 0 Å². The molecule has 1 aliphatic heterocycles. The first-order valence-corrected chi connectivity index (χ1v) is 12.5. The monoisotopic (exact) mass is 494 g/mol. The average Bonchev–Trinajstić information content (AvgIpc) is 3.13. The van der Waals surface area contributed by atoms with Crippen LogP contribution < -0.4 is 9.92 Å². The Morgan fingerprint density at radius 1 is 0.833 bits per heavy atom. The fraction of sp³-hybridized carbons (Fsp3) is 0.276. The Kier molecular flexibility index (Phi) is 7.39. The summed E-state index contributed by atoms with van der Waals surface area (Å²) in [5.74, 6) is 0. The maximum atomic E-state index is 9.75. The molecule has 188 valence electrons. The van der Waals surface area contributed by atoms with Gasteiger partial charge in [-0.2, -0.15) is 4.57 Å². The van der Waals surface area contributed by atoms with E-state index < -0.39 is 7.25 Å². The van der Waals surface area contributed by atoms with Gasteiger partial charge in [-0.1, -0.05) is 55.8 Å². The van der Waals surface area contributed by atoms with Gasteiger partial charge in [0.1, 0.15) is 6.54 Å². The summed E-state index contributed by atoms with van der Waals surface area (Å²) in [6, 6.07) is 22.5. The van der Waals surface area contributed by atoms with Crippen LogP contribution in [0.3, 0.4) is 0 Å². The van der Waals surface area contributed by atoms with Gasteiger partial charge < -0.3 is 21.8 Å². The second-order valence-corrected chi connectivity index (χ2v) is 9.12. The van der Waals surface area contributed by atoms with E-state index in [4.69, 9.17) is 0 Å². The average molecular weight is 494 g/mol. The van der Waals surface area contributed by atoms with Gasteiger partial charge in [-0.3, -0.25) is 0 Å². The molecule has 2 aromatic carbocycles. The van der Waals surface area contributed by atoms with Crippen LogP contribution in [0, 0.1) is 13.8 Å². The SMILES string of the molecule is CCCC[n+]1c(C)c2ccc(/C=c3\c4cccc5cccc(c54)n3CC)ccc-2c1C.F[B-](F)(F)F. The molecule has 36 heavy (non-hydrogen) atoms. The lowest BCUT2D eigenvalue weighted by Gasteiger charge is -2.02. The number of hydrogen-bond acceptors (Lipinski definition) is 0. The number of unbranched alkanes of at least 4 members (excludes halogenated alkanes) is 1. The summed E-state index contributed by atoms with van der Waals surface area (Å²) in [6.07, 6.45) is 4.81. The third-order valence-corrected chi connectivity index (χ3v) is 6.86. The van der Waals surface area contributed by atoms with E-state index in [-0.39, 0.29) is 0 Å². The van der Waals surface area contributed by atoms with Crippen LogP contribution in [0.15, 0.2) is 60.7 Å². The Morgan fingerprint density at radius 2 is 1.42 bits per heavy atom. The number of nitrogens with zero attached hydrogens (tertiary/aromatic N) is 2. The van der Waals surface area contributed by atoms with E-state index in [0.29, 0.717) is 0 Å². The first-order valence-electron chi connectivity index (χ1n) is 12.5. The zero-order chi connectivity index (χ0) is 26.0. The molecule has 0 saturated heterocycles. The van der Waals surface area contributed by atoms with Crippen LogP contribution in [0.25, 0.3) is 38.9 Å². The van der Waals surface area contributed by atoms with Gasteiger partial charge in [-0.15, -0.1) is 0 Å². The molecule has 2 nitrogen and oxygen atoms in total. The molecule has 0 bridgehead atoms. The molecule has 7 heteroatoms. The van der Waals surface area contributed by atoms with Gasteiger partial charge in [0, 0.05) is 48.5 Å². The van der Waals surface area contributed by atoms with Crippen molar-refractivity contribution in [2.45, 2.75) is 53.6 Å². The third kappa shape index (κ3) is 5.11. The van der Waals surface area contributed by atoms with Crippen LogP contribution in [-0.2, 0) is 13.1 Å². The number of hydrogen-bond donors (Lipinski definition) is 0. The number of aromatic nitrogens is 2. The van der Waals surface area contributed by atoms with Crippen molar-refractivity contribution in [2.24, 2.45) is 0 Å². The lowest BCUT2D eigenvalue weighted by molar-refractivity contribution is -0.704. The lowest BCUT2D eigenvalue weighted by atomic mass is 10.1. The topological polar surface area (TPSA) is 8.81 Å². The summed E-state index contributed by atoms with van der Waals surface area (Å²) < 4.78 is 43.9. The molecule has 1 aliphatic carbocycles. The van der Waals surface area contributed by atoms with Gasteiger partial charge >= 0.3 is 7.25 Å². The van der Waals surface area contributed by atoms with Gasteiger partial charge in [0.2, 0.25) is 0 Å². The summed E-state index contributed by atoms with van der Waals surface area (Å²) in [5, 5.41) is 5.33. The van der Waals surface area contributed by atoms with Crippen LogP contribution in [0.2, 0.25) is 0 Å². The minimum absolute atomic E-state index is 0.960. The first-order chi connectivity index (χ1) is 17.1. The van der Waals surface area contributed by atoms with E-state index in [1.807, 2.05) is 0 Å². The second-order valence-electron chi connectivity index (χ2n) is 9.12. The number of fused-ring (bicyclic) bond motifs is 1. The van der Waals surface area contributed by atoms with Crippen molar-refractivity contribution in [3.63, 3.8) is 0 Å². The van der Waals surface area contributed by atoms with E-state index in [1.165, 1.54) is 67.9 Å². The van der Waals surface area contributed by atoms with Gasteiger partial charge in [-0.05, 0) is 42.1 Å². The minimum atomic E-state index is -6.00. The molecule has 2 heterocycles. The molecule has 0 radical (unpaired) electrons. The number of halogens is 4. The van der Waals surface area contributed by atoms with Gasteiger partial charge in [-0.25, -0.2) is 0 Å². The minimum Gasteiger partial charge on any atom is -0.418 e. The Balaban J connectivity index is 0.000000556. The summed E-state index contributed by atoms with van der Waals surface area (Å²) in [7, 11) is -6.00. The zero-order valence-corrected chi connectivity index (χ0v) is 21.2. The highest BCUT2D eigenvalue weighted by atomic mass is 19.5. The molecule has 3 aromatic rings. The van der Waals surface area contributed by atoms with Crippen LogP contribution in [0.5, 0.6) is 0 Å². The van der Waals surface area contributed by atoms with Crippen LogP contribution in [0.1, 0.15) is 43.6 Å². The van der Waals surface area contributed by atoms with Gasteiger partial charge in [0.15, 0.2) is 11.4 Å². The largest absolute Gasteiger partial charge is 0.673 e. The summed E-state index contributed by atoms with van der Waals surface area (Å²) in [6.45, 7) is 11.1. The second kappa shape index (κ2) is 10.3. The van der Waals surface area contributed by atoms with E-state index in [2.05, 4.69) is 104 Å². The maximum absolute atomic E-state index is 9.75. The first kappa shape index (κ1) is 25.7. The molecule has 0 fully saturated rings. The van der Waals surface area contributed by atoms with Crippen LogP contribution >= 0.6 is 0 Å². The lowest BCUT2D eigenvalue weighted by Crippen LogP contribution is -2.37. The van der Waals surface area contributed by atoms with Crippen molar-refractivity contribution in [1.29, 1.82) is 0 Å². The van der Waals surface area contributed by atoms with Crippen LogP contribution in [0.4, 0.5) is 17.3 Å². The Morgan fingerprint density at radius 3 is 1.97 bits per heavy atom. The van der Waals surface area contributed by atoms with Crippen molar-refractivity contribution in [2.75, 3.05) is 0 Å². The number of aryl methyl sites for hydroxylation is 1. The molecule has 0 unspecified atom stereocenters. The number of benzene rings is 2. The Bertz CT molecular complexity index is 1480. The molecule has 0 N–H and O–H groups in total. The summed E-state index contributed by atoms with van der Waals surface area (Å²) in [5.41, 5.74) is 8.05. The molecular formula is C29H31BF4N2. The predicted octanol–water partition coefficient (Wildman–Crippen LogP) is 7.47. The summed E-state index contributed by atoms with van der Waals surface area (Å²) >= 11 is 0. The van der Waals surface area contributed by atoms with Crippen molar-refractivity contribution >= 4 is 35.0 Å². The van der Waals surface area contributed by atoms with E-state index in [9.17, 15) is 17.3 Å². The normalized spacial score (nSPS) is 12.5. The Labute approximate surface area is 209 Å². The highest BCUT2D eigenvalue weighted by Gasteiger charge is 2.24. The molecule has 1 aromatic heterocycles. The molecule has 0 atom stereocenters. The molecule has 0 amide bonds. The Hall–Kier alpha value is -3.35. The fourth-order valence-electron chi connectivity index (χ4n) is 5.20. The van der Waals surface area contributed by atoms with Crippen molar-refractivity contribution in [3.05, 3.63) is 83.0 Å². The summed E-state index contributed by atoms with van der Waals surface area (Å²) in [4.78, 5) is 0. The van der Waals surface area contributed by atoms with Crippen molar-refractivity contribution < 1.29 is 21.8 Å². The van der Waals surface area contributed by atoms with Crippen LogP contribution in [-0.4, -0.2) is 11.8 Å². The molecule has 0 saturated carbocycles. The number of rotatable bonds is 5. The zero-order valence-electron chi connectivity index (χ0n) is 21.2. The van der Waals surface area contributed by atoms with Gasteiger partial charge in [0.25, 0.3) is 0 Å². The van der Waals surface area contributed by atoms with Crippen molar-refractivity contribution in [1.82, 2.24) is 4.57 Å². The highest BCUT2D eigenvalue weighted by Crippen LogP contribution is 2.28. The fourth-order valence-corrected chi connectivity index (χ4v) is 5.20.